The molecule has 1 N–H and O–H groups in total. The van der Waals surface area contributed by atoms with E-state index in [0.29, 0.717) is 17.4 Å². The molecule has 2 aromatic carbocycles. The Bertz CT molecular complexity index is 723. The number of ether oxygens (including phenoxy) is 2. The third kappa shape index (κ3) is 7.00. The van der Waals surface area contributed by atoms with Gasteiger partial charge in [0.15, 0.2) is 11.5 Å². The van der Waals surface area contributed by atoms with Crippen LogP contribution < -0.4 is 14.8 Å². The van der Waals surface area contributed by atoms with Crippen LogP contribution in [0.5, 0.6) is 11.5 Å². The molecule has 0 aromatic heterocycles. The highest BCUT2D eigenvalue weighted by atomic mass is 79.9. The number of rotatable bonds is 11. The second-order valence-corrected chi connectivity index (χ2v) is 7.51. The first kappa shape index (κ1) is 22.0. The van der Waals surface area contributed by atoms with Gasteiger partial charge in [-0.1, -0.05) is 53.5 Å². The highest BCUT2D eigenvalue weighted by Crippen LogP contribution is 2.34. The molecule has 2 aromatic rings. The monoisotopic (exact) mass is 454 g/mol. The molecule has 27 heavy (non-hydrogen) atoms. The van der Waals surface area contributed by atoms with Crippen molar-refractivity contribution < 1.29 is 9.47 Å². The predicted octanol–water partition coefficient (Wildman–Crippen LogP) is 5.12. The van der Waals surface area contributed by atoms with E-state index in [1.807, 2.05) is 36.4 Å². The van der Waals surface area contributed by atoms with Gasteiger partial charge in [0.05, 0.1) is 7.11 Å². The second-order valence-electron chi connectivity index (χ2n) is 6.22. The van der Waals surface area contributed by atoms with Crippen LogP contribution >= 0.6 is 27.5 Å². The van der Waals surface area contributed by atoms with Gasteiger partial charge in [0.2, 0.25) is 0 Å². The SMILES string of the molecule is CCN(CC)CCNCc1cc(OC)c(OCc2cccc(Cl)c2)cc1Br. The minimum atomic E-state index is 0.435. The van der Waals surface area contributed by atoms with E-state index in [9.17, 15) is 0 Å². The molecule has 0 fully saturated rings. The Kier molecular flexibility index (Phi) is 9.42. The number of methoxy groups -OCH3 is 1. The normalized spacial score (nSPS) is 11.0. The van der Waals surface area contributed by atoms with Gasteiger partial charge >= 0.3 is 0 Å². The van der Waals surface area contributed by atoms with Crippen molar-refractivity contribution in [3.63, 3.8) is 0 Å². The van der Waals surface area contributed by atoms with E-state index in [1.165, 1.54) is 0 Å². The number of halogens is 2. The minimum absolute atomic E-state index is 0.435. The molecule has 0 heterocycles. The van der Waals surface area contributed by atoms with Gasteiger partial charge in [0.1, 0.15) is 6.61 Å². The molecule has 0 saturated heterocycles. The number of nitrogens with one attached hydrogen (secondary N) is 1. The summed E-state index contributed by atoms with van der Waals surface area (Å²) in [6.45, 7) is 9.73. The van der Waals surface area contributed by atoms with E-state index < -0.39 is 0 Å². The topological polar surface area (TPSA) is 33.7 Å². The van der Waals surface area contributed by atoms with Gasteiger partial charge in [0, 0.05) is 29.1 Å². The maximum absolute atomic E-state index is 6.03. The summed E-state index contributed by atoms with van der Waals surface area (Å²) in [7, 11) is 1.66. The molecule has 0 amide bonds. The maximum Gasteiger partial charge on any atom is 0.162 e. The third-order valence-corrected chi connectivity index (χ3v) is 5.40. The van der Waals surface area contributed by atoms with Crippen molar-refractivity contribution in [2.75, 3.05) is 33.3 Å². The molecule has 0 saturated carbocycles. The van der Waals surface area contributed by atoms with E-state index in [1.54, 1.807) is 7.11 Å². The first-order valence-corrected chi connectivity index (χ1v) is 10.4. The fourth-order valence-electron chi connectivity index (χ4n) is 2.77. The van der Waals surface area contributed by atoms with Crippen molar-refractivity contribution in [2.24, 2.45) is 0 Å². The lowest BCUT2D eigenvalue weighted by Gasteiger charge is -2.18. The molecule has 0 aliphatic rings. The summed E-state index contributed by atoms with van der Waals surface area (Å²) in [5.41, 5.74) is 2.16. The molecule has 2 rings (SSSR count). The van der Waals surface area contributed by atoms with Gasteiger partial charge in [-0.3, -0.25) is 0 Å². The molecule has 148 valence electrons. The van der Waals surface area contributed by atoms with Crippen LogP contribution in [0.15, 0.2) is 40.9 Å². The van der Waals surface area contributed by atoms with Crippen LogP contribution in [0.4, 0.5) is 0 Å². The van der Waals surface area contributed by atoms with E-state index in [2.05, 4.69) is 40.0 Å². The zero-order valence-corrected chi connectivity index (χ0v) is 18.6. The zero-order valence-electron chi connectivity index (χ0n) is 16.2. The Labute approximate surface area is 175 Å². The van der Waals surface area contributed by atoms with Crippen molar-refractivity contribution in [1.29, 1.82) is 0 Å². The van der Waals surface area contributed by atoms with Crippen LogP contribution in [0.1, 0.15) is 25.0 Å². The first-order chi connectivity index (χ1) is 13.1. The van der Waals surface area contributed by atoms with Gasteiger partial charge in [0.25, 0.3) is 0 Å². The Morgan fingerprint density at radius 2 is 1.89 bits per heavy atom. The molecule has 0 atom stereocenters. The van der Waals surface area contributed by atoms with E-state index in [-0.39, 0.29) is 0 Å². The molecule has 0 aliphatic carbocycles. The average Bonchev–Trinajstić information content (AvgIpc) is 2.67. The lowest BCUT2D eigenvalue weighted by molar-refractivity contribution is 0.284. The highest BCUT2D eigenvalue weighted by Gasteiger charge is 2.11. The summed E-state index contributed by atoms with van der Waals surface area (Å²) in [6.07, 6.45) is 0. The van der Waals surface area contributed by atoms with Gasteiger partial charge in [-0.15, -0.1) is 0 Å². The molecular weight excluding hydrogens is 428 g/mol. The van der Waals surface area contributed by atoms with Crippen molar-refractivity contribution in [2.45, 2.75) is 27.0 Å². The fraction of sp³-hybridized carbons (Fsp3) is 0.429. The van der Waals surface area contributed by atoms with Crippen molar-refractivity contribution in [3.8, 4) is 11.5 Å². The van der Waals surface area contributed by atoms with Crippen LogP contribution in [-0.4, -0.2) is 38.2 Å². The Hall–Kier alpha value is -1.27. The number of likely N-dealkylation sites (N-methyl/N-ethyl adjacent to an activating group) is 1. The smallest absolute Gasteiger partial charge is 0.162 e. The first-order valence-electron chi connectivity index (χ1n) is 9.24. The Morgan fingerprint density at radius 3 is 2.56 bits per heavy atom. The third-order valence-electron chi connectivity index (χ3n) is 4.43. The number of nitrogens with zero attached hydrogens (tertiary/aromatic N) is 1. The molecule has 0 spiro atoms. The van der Waals surface area contributed by atoms with Gasteiger partial charge in [-0.25, -0.2) is 0 Å². The van der Waals surface area contributed by atoms with Crippen molar-refractivity contribution in [1.82, 2.24) is 10.2 Å². The van der Waals surface area contributed by atoms with Gasteiger partial charge in [-0.05, 0) is 48.5 Å². The minimum Gasteiger partial charge on any atom is -0.493 e. The molecule has 0 radical (unpaired) electrons. The highest BCUT2D eigenvalue weighted by molar-refractivity contribution is 9.10. The number of hydrogen-bond donors (Lipinski definition) is 1. The Morgan fingerprint density at radius 1 is 1.11 bits per heavy atom. The summed E-state index contributed by atoms with van der Waals surface area (Å²) in [6, 6.07) is 11.6. The summed E-state index contributed by atoms with van der Waals surface area (Å²) in [5, 5.41) is 4.20. The van der Waals surface area contributed by atoms with Gasteiger partial charge in [-0.2, -0.15) is 0 Å². The van der Waals surface area contributed by atoms with Crippen LogP contribution in [0, 0.1) is 0 Å². The van der Waals surface area contributed by atoms with Crippen molar-refractivity contribution >= 4 is 27.5 Å². The standard InChI is InChI=1S/C21H28BrClN2O2/c1-4-25(5-2)10-9-24-14-17-12-20(26-3)21(13-19(17)22)27-15-16-7-6-8-18(23)11-16/h6-8,11-13,24H,4-5,9-10,14-15H2,1-3H3. The fourth-order valence-corrected chi connectivity index (χ4v) is 3.45. The van der Waals surface area contributed by atoms with Crippen LogP contribution in [0.2, 0.25) is 5.02 Å². The summed E-state index contributed by atoms with van der Waals surface area (Å²) >= 11 is 9.68. The number of hydrogen-bond acceptors (Lipinski definition) is 4. The van der Waals surface area contributed by atoms with Gasteiger partial charge < -0.3 is 19.7 Å². The summed E-state index contributed by atoms with van der Waals surface area (Å²) < 4.78 is 12.5. The lowest BCUT2D eigenvalue weighted by Crippen LogP contribution is -2.31. The second kappa shape index (κ2) is 11.5. The van der Waals surface area contributed by atoms with Crippen LogP contribution in [-0.2, 0) is 13.2 Å². The largest absolute Gasteiger partial charge is 0.493 e. The predicted molar refractivity (Wildman–Crippen MR) is 116 cm³/mol. The zero-order chi connectivity index (χ0) is 19.6. The lowest BCUT2D eigenvalue weighted by atomic mass is 10.2. The average molecular weight is 456 g/mol. The van der Waals surface area contributed by atoms with E-state index in [4.69, 9.17) is 21.1 Å². The number of benzene rings is 2. The molecule has 0 aliphatic heterocycles. The summed E-state index contributed by atoms with van der Waals surface area (Å²) in [4.78, 5) is 2.40. The quantitative estimate of drug-likeness (QED) is 0.477. The van der Waals surface area contributed by atoms with E-state index in [0.717, 1.165) is 54.1 Å². The van der Waals surface area contributed by atoms with Crippen LogP contribution in [0.3, 0.4) is 0 Å². The molecule has 0 unspecified atom stereocenters. The van der Waals surface area contributed by atoms with E-state index >= 15 is 0 Å². The van der Waals surface area contributed by atoms with Crippen LogP contribution in [0.25, 0.3) is 0 Å². The van der Waals surface area contributed by atoms with Crippen molar-refractivity contribution in [3.05, 3.63) is 57.0 Å². The maximum atomic E-state index is 6.03. The molecular formula is C21H28BrClN2O2. The molecule has 0 bridgehead atoms. The Balaban J connectivity index is 1.97. The summed E-state index contributed by atoms with van der Waals surface area (Å²) in [5.74, 6) is 1.43. The molecule has 4 nitrogen and oxygen atoms in total. The molecule has 6 heteroatoms.